The zero-order valence-corrected chi connectivity index (χ0v) is 14.6. The van der Waals surface area contributed by atoms with E-state index in [1.54, 1.807) is 25.3 Å². The number of carbonyl (C=O) groups is 1. The first-order valence-corrected chi connectivity index (χ1v) is 8.56. The molecule has 130 valence electrons. The van der Waals surface area contributed by atoms with Crippen LogP contribution in [0.4, 0.5) is 0 Å². The van der Waals surface area contributed by atoms with Gasteiger partial charge in [-0.25, -0.2) is 0 Å². The van der Waals surface area contributed by atoms with Gasteiger partial charge in [-0.05, 0) is 42.3 Å². The molecule has 0 spiro atoms. The highest BCUT2D eigenvalue weighted by Gasteiger charge is 2.30. The Morgan fingerprint density at radius 3 is 2.88 bits per heavy atom. The van der Waals surface area contributed by atoms with Crippen LogP contribution in [-0.2, 0) is 0 Å². The average Bonchev–Trinajstić information content (AvgIpc) is 3.29. The topological polar surface area (TPSA) is 48.0 Å². The van der Waals surface area contributed by atoms with Crippen molar-refractivity contribution < 1.29 is 19.0 Å². The van der Waals surface area contributed by atoms with Crippen molar-refractivity contribution in [2.45, 2.75) is 12.3 Å². The van der Waals surface area contributed by atoms with Crippen molar-refractivity contribution in [3.63, 3.8) is 0 Å². The van der Waals surface area contributed by atoms with E-state index < -0.39 is 0 Å². The number of fused-ring (bicyclic) bond motifs is 1. The van der Waals surface area contributed by atoms with Gasteiger partial charge in [0.15, 0.2) is 11.5 Å². The maximum atomic E-state index is 12.9. The van der Waals surface area contributed by atoms with Gasteiger partial charge >= 0.3 is 0 Å². The fourth-order valence-corrected chi connectivity index (χ4v) is 3.57. The summed E-state index contributed by atoms with van der Waals surface area (Å²) in [7, 11) is 1.55. The number of halogens is 1. The van der Waals surface area contributed by atoms with Crippen molar-refractivity contribution in [1.29, 1.82) is 0 Å². The summed E-state index contributed by atoms with van der Waals surface area (Å²) in [5.74, 6) is 2.32. The molecule has 0 saturated carbocycles. The molecule has 25 heavy (non-hydrogen) atoms. The second-order valence-electron chi connectivity index (χ2n) is 6.19. The maximum absolute atomic E-state index is 12.9. The lowest BCUT2D eigenvalue weighted by Crippen LogP contribution is -2.28. The van der Waals surface area contributed by atoms with Gasteiger partial charge < -0.3 is 19.1 Å². The van der Waals surface area contributed by atoms with Crippen LogP contribution in [0.25, 0.3) is 0 Å². The van der Waals surface area contributed by atoms with Crippen LogP contribution in [0.2, 0.25) is 5.02 Å². The second kappa shape index (κ2) is 6.48. The van der Waals surface area contributed by atoms with E-state index in [2.05, 4.69) is 0 Å². The van der Waals surface area contributed by atoms with E-state index in [4.69, 9.17) is 25.8 Å². The van der Waals surface area contributed by atoms with Gasteiger partial charge in [-0.2, -0.15) is 0 Å². The molecule has 0 aliphatic carbocycles. The van der Waals surface area contributed by atoms with Crippen molar-refractivity contribution in [2.24, 2.45) is 0 Å². The third-order valence-electron chi connectivity index (χ3n) is 4.74. The molecular formula is C19H18ClNO4. The zero-order chi connectivity index (χ0) is 17.4. The Morgan fingerprint density at radius 1 is 1.20 bits per heavy atom. The number of methoxy groups -OCH3 is 1. The van der Waals surface area contributed by atoms with E-state index >= 15 is 0 Å². The monoisotopic (exact) mass is 359 g/mol. The van der Waals surface area contributed by atoms with Gasteiger partial charge in [0.25, 0.3) is 5.91 Å². The van der Waals surface area contributed by atoms with Crippen LogP contribution in [0, 0.1) is 0 Å². The van der Waals surface area contributed by atoms with Gasteiger partial charge in [-0.15, -0.1) is 0 Å². The number of hydrogen-bond acceptors (Lipinski definition) is 4. The number of carbonyl (C=O) groups excluding carboxylic acids is 1. The second-order valence-corrected chi connectivity index (χ2v) is 6.63. The summed E-state index contributed by atoms with van der Waals surface area (Å²) in [6.07, 6.45) is 0.911. The van der Waals surface area contributed by atoms with Crippen LogP contribution in [-0.4, -0.2) is 37.8 Å². The molecule has 6 heteroatoms. The summed E-state index contributed by atoms with van der Waals surface area (Å²) in [5.41, 5.74) is 1.67. The minimum Gasteiger partial charge on any atom is -0.496 e. The predicted octanol–water partition coefficient (Wildman–Crippen LogP) is 3.71. The van der Waals surface area contributed by atoms with Crippen LogP contribution < -0.4 is 14.2 Å². The van der Waals surface area contributed by atoms with Crippen molar-refractivity contribution >= 4 is 17.5 Å². The molecule has 1 saturated heterocycles. The highest BCUT2D eigenvalue weighted by Crippen LogP contribution is 2.37. The SMILES string of the molecule is COc1ccc(Cl)cc1C(=O)N1CCC(c2ccc3c(c2)OCO3)C1. The molecule has 1 unspecified atom stereocenters. The number of nitrogens with zero attached hydrogens (tertiary/aromatic N) is 1. The Bertz CT molecular complexity index is 823. The Balaban J connectivity index is 1.52. The molecule has 1 fully saturated rings. The number of amides is 1. The summed E-state index contributed by atoms with van der Waals surface area (Å²) in [4.78, 5) is 14.7. The number of likely N-dealkylation sites (tertiary alicyclic amines) is 1. The molecule has 4 rings (SSSR count). The number of benzene rings is 2. The Labute approximate surface area is 151 Å². The van der Waals surface area contributed by atoms with E-state index in [1.165, 1.54) is 0 Å². The Kier molecular flexibility index (Phi) is 4.17. The molecule has 0 N–H and O–H groups in total. The van der Waals surface area contributed by atoms with Crippen LogP contribution in [0.3, 0.4) is 0 Å². The molecule has 2 aromatic rings. The fourth-order valence-electron chi connectivity index (χ4n) is 3.40. The van der Waals surface area contributed by atoms with Crippen LogP contribution in [0.1, 0.15) is 28.3 Å². The van der Waals surface area contributed by atoms with Gasteiger partial charge in [0, 0.05) is 24.0 Å². The minimum absolute atomic E-state index is 0.0532. The summed E-state index contributed by atoms with van der Waals surface area (Å²) in [6.45, 7) is 1.63. The highest BCUT2D eigenvalue weighted by atomic mass is 35.5. The summed E-state index contributed by atoms with van der Waals surface area (Å²) in [6, 6.07) is 11.1. The Hall–Kier alpha value is -2.40. The van der Waals surface area contributed by atoms with Crippen molar-refractivity contribution in [3.8, 4) is 17.2 Å². The van der Waals surface area contributed by atoms with E-state index in [1.807, 2.05) is 23.1 Å². The lowest BCUT2D eigenvalue weighted by molar-refractivity contribution is 0.0787. The highest BCUT2D eigenvalue weighted by molar-refractivity contribution is 6.31. The molecule has 0 bridgehead atoms. The third kappa shape index (κ3) is 3.00. The fraction of sp³-hybridized carbons (Fsp3) is 0.316. The average molecular weight is 360 g/mol. The summed E-state index contributed by atoms with van der Waals surface area (Å²) in [5, 5.41) is 0.524. The molecular weight excluding hydrogens is 342 g/mol. The normalized spacial score (nSPS) is 18.5. The van der Waals surface area contributed by atoms with Gasteiger partial charge in [-0.3, -0.25) is 4.79 Å². The first-order valence-electron chi connectivity index (χ1n) is 8.18. The molecule has 5 nitrogen and oxygen atoms in total. The van der Waals surface area contributed by atoms with Gasteiger partial charge in [0.2, 0.25) is 6.79 Å². The number of hydrogen-bond donors (Lipinski definition) is 0. The van der Waals surface area contributed by atoms with Crippen LogP contribution in [0.15, 0.2) is 36.4 Å². The molecule has 2 aliphatic heterocycles. The minimum atomic E-state index is -0.0532. The Morgan fingerprint density at radius 2 is 2.04 bits per heavy atom. The van der Waals surface area contributed by atoms with Crippen LogP contribution >= 0.6 is 11.6 Å². The van der Waals surface area contributed by atoms with Gasteiger partial charge in [0.05, 0.1) is 12.7 Å². The zero-order valence-electron chi connectivity index (χ0n) is 13.8. The standard InChI is InChI=1S/C19H18ClNO4/c1-23-16-5-3-14(20)9-15(16)19(22)21-7-6-13(10-21)12-2-4-17-18(8-12)25-11-24-17/h2-5,8-9,13H,6-7,10-11H2,1H3. The lowest BCUT2D eigenvalue weighted by Gasteiger charge is -2.18. The molecule has 2 heterocycles. The molecule has 1 atom stereocenters. The van der Waals surface area contributed by atoms with E-state index in [0.717, 1.165) is 23.5 Å². The molecule has 1 amide bonds. The van der Waals surface area contributed by atoms with E-state index in [-0.39, 0.29) is 18.6 Å². The van der Waals surface area contributed by atoms with Crippen LogP contribution in [0.5, 0.6) is 17.2 Å². The lowest BCUT2D eigenvalue weighted by atomic mass is 9.98. The van der Waals surface area contributed by atoms with Crippen molar-refractivity contribution in [1.82, 2.24) is 4.90 Å². The van der Waals surface area contributed by atoms with Crippen molar-refractivity contribution in [2.75, 3.05) is 27.0 Å². The predicted molar refractivity (Wildman–Crippen MR) is 93.8 cm³/mol. The maximum Gasteiger partial charge on any atom is 0.257 e. The molecule has 0 aromatic heterocycles. The van der Waals surface area contributed by atoms with Crippen molar-refractivity contribution in [3.05, 3.63) is 52.5 Å². The molecule has 0 radical (unpaired) electrons. The largest absolute Gasteiger partial charge is 0.496 e. The molecule has 2 aliphatic rings. The summed E-state index contributed by atoms with van der Waals surface area (Å²) >= 11 is 6.05. The quantitative estimate of drug-likeness (QED) is 0.838. The number of ether oxygens (including phenoxy) is 3. The van der Waals surface area contributed by atoms with Gasteiger partial charge in [-0.1, -0.05) is 17.7 Å². The smallest absolute Gasteiger partial charge is 0.257 e. The first kappa shape index (κ1) is 16.1. The first-order chi connectivity index (χ1) is 12.2. The van der Waals surface area contributed by atoms with Gasteiger partial charge in [0.1, 0.15) is 5.75 Å². The van der Waals surface area contributed by atoms with E-state index in [0.29, 0.717) is 29.4 Å². The van der Waals surface area contributed by atoms with E-state index in [9.17, 15) is 4.79 Å². The number of rotatable bonds is 3. The summed E-state index contributed by atoms with van der Waals surface area (Å²) < 4.78 is 16.1. The molecule has 2 aromatic carbocycles. The third-order valence-corrected chi connectivity index (χ3v) is 4.97.